The van der Waals surface area contributed by atoms with Gasteiger partial charge in [0.25, 0.3) is 0 Å². The van der Waals surface area contributed by atoms with Crippen LogP contribution in [0.5, 0.6) is 0 Å². The van der Waals surface area contributed by atoms with E-state index in [-0.39, 0.29) is 38.5 Å². The van der Waals surface area contributed by atoms with E-state index in [1.165, 1.54) is 0 Å². The Kier molecular flexibility index (Phi) is 13.5. The summed E-state index contributed by atoms with van der Waals surface area (Å²) in [6.07, 6.45) is -2.75. The first-order valence-electron chi connectivity index (χ1n) is 7.65. The quantitative estimate of drug-likeness (QED) is 0.221. The first-order chi connectivity index (χ1) is 12.6. The first kappa shape index (κ1) is 25.3. The second-order valence-corrected chi connectivity index (χ2v) is 6.31. The molecule has 27 heavy (non-hydrogen) atoms. The third kappa shape index (κ3) is 16.2. The number of hydrogen-bond donors (Lipinski definition) is 0. The third-order valence-corrected chi connectivity index (χ3v) is 3.30. The van der Waals surface area contributed by atoms with Crippen molar-refractivity contribution in [2.75, 3.05) is 13.2 Å². The van der Waals surface area contributed by atoms with Gasteiger partial charge in [-0.3, -0.25) is 28.8 Å². The van der Waals surface area contributed by atoms with Gasteiger partial charge in [-0.05, 0) is 34.8 Å². The van der Waals surface area contributed by atoms with Gasteiger partial charge in [0.05, 0.1) is 19.3 Å². The van der Waals surface area contributed by atoms with Crippen molar-refractivity contribution >= 4 is 68.4 Å². The Labute approximate surface area is 169 Å². The lowest BCUT2D eigenvalue weighted by atomic mass is 10.3. The van der Waals surface area contributed by atoms with Crippen LogP contribution in [0, 0.1) is 0 Å². The Balaban J connectivity index is 4.54. The molecule has 152 valence electrons. The number of ether oxygens (including phenoxy) is 3. The minimum Gasteiger partial charge on any atom is -0.462 e. The van der Waals surface area contributed by atoms with E-state index in [4.69, 9.17) is 49.0 Å². The van der Waals surface area contributed by atoms with E-state index in [0.717, 1.165) is 0 Å². The van der Waals surface area contributed by atoms with E-state index in [2.05, 4.69) is 0 Å². The average molecular weight is 448 g/mol. The number of halogens is 3. The Morgan fingerprint density at radius 3 is 1.22 bits per heavy atom. The monoisotopic (exact) mass is 446 g/mol. The van der Waals surface area contributed by atoms with Gasteiger partial charge in [0.2, 0.25) is 15.7 Å². The van der Waals surface area contributed by atoms with Crippen LogP contribution in [-0.2, 0) is 43.0 Å². The molecule has 0 aliphatic carbocycles. The van der Waals surface area contributed by atoms with Crippen LogP contribution in [0.25, 0.3) is 0 Å². The van der Waals surface area contributed by atoms with Gasteiger partial charge in [-0.2, -0.15) is 0 Å². The fourth-order valence-electron chi connectivity index (χ4n) is 1.48. The summed E-state index contributed by atoms with van der Waals surface area (Å²) >= 11 is 15.3. The molecule has 0 aliphatic rings. The van der Waals surface area contributed by atoms with E-state index in [9.17, 15) is 28.8 Å². The zero-order valence-corrected chi connectivity index (χ0v) is 16.3. The minimum atomic E-state index is -1.16. The molecule has 0 heterocycles. The second-order valence-electron chi connectivity index (χ2n) is 5.04. The lowest BCUT2D eigenvalue weighted by Gasteiger charge is -2.18. The van der Waals surface area contributed by atoms with Gasteiger partial charge < -0.3 is 14.2 Å². The van der Waals surface area contributed by atoms with Crippen molar-refractivity contribution in [1.82, 2.24) is 0 Å². The smallest absolute Gasteiger partial charge is 0.306 e. The summed E-state index contributed by atoms with van der Waals surface area (Å²) in [5.41, 5.74) is 0. The van der Waals surface area contributed by atoms with Gasteiger partial charge >= 0.3 is 17.9 Å². The minimum absolute atomic E-state index is 0.232. The fraction of sp³-hybridized carbons (Fsp3) is 0.600. The number of carbonyl (C=O) groups excluding carboxylic acids is 6. The van der Waals surface area contributed by atoms with E-state index in [1.807, 2.05) is 0 Å². The summed E-state index contributed by atoms with van der Waals surface area (Å²) in [5.74, 6) is -2.38. The molecule has 0 aliphatic heterocycles. The predicted molar refractivity (Wildman–Crippen MR) is 92.1 cm³/mol. The maximum Gasteiger partial charge on any atom is 0.306 e. The largest absolute Gasteiger partial charge is 0.462 e. The highest BCUT2D eigenvalue weighted by Crippen LogP contribution is 2.06. The Bertz CT molecular complexity index is 543. The molecule has 0 unspecified atom stereocenters. The summed E-state index contributed by atoms with van der Waals surface area (Å²) in [6.45, 7) is -0.921. The molecular weight excluding hydrogens is 431 g/mol. The highest BCUT2D eigenvalue weighted by atomic mass is 35.5. The van der Waals surface area contributed by atoms with Crippen LogP contribution < -0.4 is 0 Å². The van der Waals surface area contributed by atoms with Crippen LogP contribution in [-0.4, -0.2) is 53.0 Å². The van der Waals surface area contributed by atoms with Crippen molar-refractivity contribution in [3.05, 3.63) is 0 Å². The summed E-state index contributed by atoms with van der Waals surface area (Å²) in [4.78, 5) is 66.5. The normalized spacial score (nSPS) is 10.2. The number of esters is 3. The maximum absolute atomic E-state index is 11.6. The zero-order chi connectivity index (χ0) is 20.8. The van der Waals surface area contributed by atoms with Crippen LogP contribution in [0.15, 0.2) is 0 Å². The lowest BCUT2D eigenvalue weighted by Crippen LogP contribution is -2.31. The number of rotatable bonds is 14. The van der Waals surface area contributed by atoms with E-state index >= 15 is 0 Å². The molecule has 0 rings (SSSR count). The van der Waals surface area contributed by atoms with Crippen molar-refractivity contribution < 1.29 is 43.0 Å². The fourth-order valence-corrected chi connectivity index (χ4v) is 1.76. The van der Waals surface area contributed by atoms with Gasteiger partial charge in [0.15, 0.2) is 6.10 Å². The van der Waals surface area contributed by atoms with Gasteiger partial charge in [-0.25, -0.2) is 0 Å². The standard InChI is InChI=1S/C15H17Cl3O9/c16-10(19)1-4-13(22)25-7-9(27-15(24)6-3-12(18)21)8-26-14(23)5-2-11(17)20/h9H,1-8H2. The number of hydrogen-bond acceptors (Lipinski definition) is 9. The molecule has 0 fully saturated rings. The van der Waals surface area contributed by atoms with E-state index in [0.29, 0.717) is 0 Å². The van der Waals surface area contributed by atoms with E-state index in [1.54, 1.807) is 0 Å². The average Bonchev–Trinajstić information content (AvgIpc) is 2.58. The number of carbonyl (C=O) groups is 6. The molecule has 0 amide bonds. The van der Waals surface area contributed by atoms with Crippen molar-refractivity contribution in [3.63, 3.8) is 0 Å². The van der Waals surface area contributed by atoms with Crippen LogP contribution in [0.1, 0.15) is 38.5 Å². The lowest BCUT2D eigenvalue weighted by molar-refractivity contribution is -0.167. The maximum atomic E-state index is 11.6. The van der Waals surface area contributed by atoms with Gasteiger partial charge in [-0.15, -0.1) is 0 Å². The van der Waals surface area contributed by atoms with Crippen molar-refractivity contribution in [1.29, 1.82) is 0 Å². The van der Waals surface area contributed by atoms with Gasteiger partial charge in [0, 0.05) is 19.3 Å². The highest BCUT2D eigenvalue weighted by molar-refractivity contribution is 6.64. The van der Waals surface area contributed by atoms with Gasteiger partial charge in [-0.1, -0.05) is 0 Å². The molecule has 0 radical (unpaired) electrons. The molecule has 0 aromatic rings. The molecule has 12 heteroatoms. The molecular formula is C15H17Cl3O9. The summed E-state index contributed by atoms with van der Waals surface area (Å²) < 4.78 is 14.6. The second kappa shape index (κ2) is 14.4. The summed E-state index contributed by atoms with van der Waals surface area (Å²) in [7, 11) is 0. The SMILES string of the molecule is O=C(Cl)CCC(=O)OCC(COC(=O)CCC(=O)Cl)OC(=O)CCC(=O)Cl. The molecule has 0 spiro atoms. The molecule has 0 saturated heterocycles. The van der Waals surface area contributed by atoms with Crippen LogP contribution in [0.3, 0.4) is 0 Å². The molecule has 0 atom stereocenters. The molecule has 0 aromatic heterocycles. The summed E-state index contributed by atoms with van der Waals surface area (Å²) in [6, 6.07) is 0. The van der Waals surface area contributed by atoms with E-state index < -0.39 is 53.0 Å². The zero-order valence-electron chi connectivity index (χ0n) is 14.0. The molecule has 0 bridgehead atoms. The highest BCUT2D eigenvalue weighted by Gasteiger charge is 2.20. The topological polar surface area (TPSA) is 130 Å². The Morgan fingerprint density at radius 1 is 0.556 bits per heavy atom. The first-order valence-corrected chi connectivity index (χ1v) is 8.79. The molecule has 0 saturated carbocycles. The molecule has 0 N–H and O–H groups in total. The van der Waals surface area contributed by atoms with Crippen molar-refractivity contribution in [2.45, 2.75) is 44.6 Å². The van der Waals surface area contributed by atoms with Crippen molar-refractivity contribution in [2.24, 2.45) is 0 Å². The summed E-state index contributed by atoms with van der Waals surface area (Å²) in [5, 5.41) is -2.18. The predicted octanol–water partition coefficient (Wildman–Crippen LogP) is 1.62. The Morgan fingerprint density at radius 2 is 0.889 bits per heavy atom. The van der Waals surface area contributed by atoms with Crippen LogP contribution >= 0.6 is 34.8 Å². The molecule has 9 nitrogen and oxygen atoms in total. The Hall–Kier alpha value is -1.71. The van der Waals surface area contributed by atoms with Gasteiger partial charge in [0.1, 0.15) is 13.2 Å². The third-order valence-electron chi connectivity index (χ3n) is 2.74. The van der Waals surface area contributed by atoms with Crippen LogP contribution in [0.2, 0.25) is 0 Å². The molecule has 0 aromatic carbocycles. The van der Waals surface area contributed by atoms with Crippen LogP contribution in [0.4, 0.5) is 0 Å². The van der Waals surface area contributed by atoms with Crippen molar-refractivity contribution in [3.8, 4) is 0 Å².